The van der Waals surface area contributed by atoms with Crippen LogP contribution < -0.4 is 15.5 Å². The molecule has 0 aromatic heterocycles. The van der Waals surface area contributed by atoms with Gasteiger partial charge in [0, 0.05) is 20.1 Å². The van der Waals surface area contributed by atoms with Crippen molar-refractivity contribution >= 4 is 17.3 Å². The summed E-state index contributed by atoms with van der Waals surface area (Å²) in [6.07, 6.45) is 0.968. The monoisotopic (exact) mass is 233 g/mol. The maximum Gasteiger partial charge on any atom is 0.240 e. The lowest BCUT2D eigenvalue weighted by atomic mass is 10.1. The molecule has 4 nitrogen and oxygen atoms in total. The number of amides is 1. The SMILES string of the molecule is Cc1ccc2c(c1)N(C)CCCN2C(=O)CN. The van der Waals surface area contributed by atoms with Crippen molar-refractivity contribution in [2.24, 2.45) is 5.73 Å². The van der Waals surface area contributed by atoms with Crippen molar-refractivity contribution in [2.75, 3.05) is 36.5 Å². The molecular weight excluding hydrogens is 214 g/mol. The highest BCUT2D eigenvalue weighted by atomic mass is 16.2. The summed E-state index contributed by atoms with van der Waals surface area (Å²) in [6, 6.07) is 6.17. The summed E-state index contributed by atoms with van der Waals surface area (Å²) in [5, 5.41) is 0. The molecule has 0 aliphatic carbocycles. The molecule has 92 valence electrons. The van der Waals surface area contributed by atoms with Crippen molar-refractivity contribution in [3.05, 3.63) is 23.8 Å². The van der Waals surface area contributed by atoms with Crippen LogP contribution in [0.5, 0.6) is 0 Å². The second-order valence-corrected chi connectivity index (χ2v) is 4.52. The molecule has 2 rings (SSSR count). The minimum absolute atomic E-state index is 0.00889. The van der Waals surface area contributed by atoms with Gasteiger partial charge in [-0.05, 0) is 31.0 Å². The van der Waals surface area contributed by atoms with E-state index in [1.807, 2.05) is 12.1 Å². The quantitative estimate of drug-likeness (QED) is 0.791. The molecule has 17 heavy (non-hydrogen) atoms. The molecule has 0 unspecified atom stereocenters. The number of aryl methyl sites for hydroxylation is 1. The molecule has 1 aliphatic rings. The average Bonchev–Trinajstić information content (AvgIpc) is 2.48. The van der Waals surface area contributed by atoms with Crippen LogP contribution >= 0.6 is 0 Å². The zero-order valence-electron chi connectivity index (χ0n) is 10.4. The first-order chi connectivity index (χ1) is 8.13. The summed E-state index contributed by atoms with van der Waals surface area (Å²) in [4.78, 5) is 15.9. The van der Waals surface area contributed by atoms with E-state index in [1.54, 1.807) is 4.90 Å². The fraction of sp³-hybridized carbons (Fsp3) is 0.462. The van der Waals surface area contributed by atoms with Crippen LogP contribution in [0.15, 0.2) is 18.2 Å². The fourth-order valence-corrected chi connectivity index (χ4v) is 2.24. The van der Waals surface area contributed by atoms with E-state index in [0.717, 1.165) is 30.9 Å². The first-order valence-electron chi connectivity index (χ1n) is 5.95. The largest absolute Gasteiger partial charge is 0.373 e. The Hall–Kier alpha value is -1.55. The predicted molar refractivity (Wildman–Crippen MR) is 70.5 cm³/mol. The highest BCUT2D eigenvalue weighted by Gasteiger charge is 2.22. The van der Waals surface area contributed by atoms with E-state index < -0.39 is 0 Å². The molecule has 0 atom stereocenters. The molecule has 1 heterocycles. The van der Waals surface area contributed by atoms with Crippen LogP contribution in [0, 0.1) is 6.92 Å². The molecular formula is C13H19N3O. The minimum Gasteiger partial charge on any atom is -0.373 e. The van der Waals surface area contributed by atoms with Crippen LogP contribution in [-0.2, 0) is 4.79 Å². The Morgan fingerprint density at radius 3 is 2.82 bits per heavy atom. The number of nitrogens with two attached hydrogens (primary N) is 1. The van der Waals surface area contributed by atoms with Crippen LogP contribution in [0.2, 0.25) is 0 Å². The number of carbonyl (C=O) groups excluding carboxylic acids is 1. The number of carbonyl (C=O) groups is 1. The summed E-state index contributed by atoms with van der Waals surface area (Å²) in [5.74, 6) is -0.00889. The molecule has 1 aromatic carbocycles. The Morgan fingerprint density at radius 1 is 1.35 bits per heavy atom. The standard InChI is InChI=1S/C13H19N3O/c1-10-4-5-11-12(8-10)15(2)6-3-7-16(11)13(17)9-14/h4-5,8H,3,6-7,9,14H2,1-2H3. The highest BCUT2D eigenvalue weighted by molar-refractivity contribution is 5.98. The smallest absolute Gasteiger partial charge is 0.240 e. The van der Waals surface area contributed by atoms with Gasteiger partial charge in [-0.25, -0.2) is 0 Å². The lowest BCUT2D eigenvalue weighted by molar-refractivity contribution is -0.117. The van der Waals surface area contributed by atoms with E-state index in [4.69, 9.17) is 5.73 Å². The van der Waals surface area contributed by atoms with Crippen LogP contribution in [0.25, 0.3) is 0 Å². The molecule has 2 N–H and O–H groups in total. The molecule has 0 saturated heterocycles. The Kier molecular flexibility index (Phi) is 3.33. The first kappa shape index (κ1) is 11.9. The van der Waals surface area contributed by atoms with Gasteiger partial charge in [-0.3, -0.25) is 4.79 Å². The highest BCUT2D eigenvalue weighted by Crippen LogP contribution is 2.32. The summed E-state index contributed by atoms with van der Waals surface area (Å²) in [6.45, 7) is 3.84. The van der Waals surface area contributed by atoms with Crippen molar-refractivity contribution in [3.63, 3.8) is 0 Å². The second kappa shape index (κ2) is 4.75. The number of fused-ring (bicyclic) bond motifs is 1. The van der Waals surface area contributed by atoms with Gasteiger partial charge in [-0.15, -0.1) is 0 Å². The maximum atomic E-state index is 11.9. The molecule has 0 spiro atoms. The average molecular weight is 233 g/mol. The summed E-state index contributed by atoms with van der Waals surface area (Å²) < 4.78 is 0. The van der Waals surface area contributed by atoms with Gasteiger partial charge in [0.25, 0.3) is 0 Å². The fourth-order valence-electron chi connectivity index (χ4n) is 2.24. The van der Waals surface area contributed by atoms with Gasteiger partial charge in [0.1, 0.15) is 0 Å². The van der Waals surface area contributed by atoms with Crippen LogP contribution in [0.1, 0.15) is 12.0 Å². The summed E-state index contributed by atoms with van der Waals surface area (Å²) in [7, 11) is 2.06. The van der Waals surface area contributed by atoms with E-state index in [1.165, 1.54) is 5.56 Å². The van der Waals surface area contributed by atoms with Gasteiger partial charge in [-0.2, -0.15) is 0 Å². The van der Waals surface area contributed by atoms with E-state index in [0.29, 0.717) is 0 Å². The number of benzene rings is 1. The number of hydrogen-bond acceptors (Lipinski definition) is 3. The van der Waals surface area contributed by atoms with E-state index >= 15 is 0 Å². The molecule has 0 saturated carbocycles. The third-order valence-electron chi connectivity index (χ3n) is 3.18. The van der Waals surface area contributed by atoms with Crippen LogP contribution in [0.3, 0.4) is 0 Å². The van der Waals surface area contributed by atoms with Crippen molar-refractivity contribution in [1.82, 2.24) is 0 Å². The molecule has 0 bridgehead atoms. The normalized spacial score (nSPS) is 15.5. The predicted octanol–water partition coefficient (Wildman–Crippen LogP) is 1.13. The zero-order valence-corrected chi connectivity index (χ0v) is 10.4. The zero-order chi connectivity index (χ0) is 12.4. The van der Waals surface area contributed by atoms with E-state index in [9.17, 15) is 4.79 Å². The summed E-state index contributed by atoms with van der Waals surface area (Å²) >= 11 is 0. The molecule has 1 amide bonds. The van der Waals surface area contributed by atoms with Gasteiger partial charge >= 0.3 is 0 Å². The molecule has 4 heteroatoms. The molecule has 1 aromatic rings. The molecule has 1 aliphatic heterocycles. The Balaban J connectivity index is 2.47. The lowest BCUT2D eigenvalue weighted by Gasteiger charge is -2.24. The van der Waals surface area contributed by atoms with Gasteiger partial charge in [0.05, 0.1) is 17.9 Å². The number of hydrogen-bond donors (Lipinski definition) is 1. The lowest BCUT2D eigenvalue weighted by Crippen LogP contribution is -2.36. The van der Waals surface area contributed by atoms with Crippen molar-refractivity contribution in [2.45, 2.75) is 13.3 Å². The van der Waals surface area contributed by atoms with Crippen molar-refractivity contribution in [3.8, 4) is 0 Å². The maximum absolute atomic E-state index is 11.9. The third-order valence-corrected chi connectivity index (χ3v) is 3.18. The van der Waals surface area contributed by atoms with E-state index in [2.05, 4.69) is 24.9 Å². The van der Waals surface area contributed by atoms with Gasteiger partial charge in [0.15, 0.2) is 0 Å². The Morgan fingerprint density at radius 2 is 2.12 bits per heavy atom. The van der Waals surface area contributed by atoms with E-state index in [-0.39, 0.29) is 12.5 Å². The van der Waals surface area contributed by atoms with Crippen molar-refractivity contribution < 1.29 is 4.79 Å². The second-order valence-electron chi connectivity index (χ2n) is 4.52. The number of rotatable bonds is 1. The molecule has 0 fully saturated rings. The number of anilines is 2. The van der Waals surface area contributed by atoms with Gasteiger partial charge in [0.2, 0.25) is 5.91 Å². The number of nitrogens with zero attached hydrogens (tertiary/aromatic N) is 2. The minimum atomic E-state index is -0.00889. The first-order valence-corrected chi connectivity index (χ1v) is 5.95. The summed E-state index contributed by atoms with van der Waals surface area (Å²) in [5.41, 5.74) is 8.77. The van der Waals surface area contributed by atoms with Crippen LogP contribution in [0.4, 0.5) is 11.4 Å². The molecule has 0 radical (unpaired) electrons. The van der Waals surface area contributed by atoms with Gasteiger partial charge < -0.3 is 15.5 Å². The van der Waals surface area contributed by atoms with Gasteiger partial charge in [-0.1, -0.05) is 6.07 Å². The van der Waals surface area contributed by atoms with Crippen LogP contribution in [-0.4, -0.2) is 32.6 Å². The topological polar surface area (TPSA) is 49.6 Å². The van der Waals surface area contributed by atoms with Crippen molar-refractivity contribution in [1.29, 1.82) is 0 Å². The third kappa shape index (κ3) is 2.26. The Labute approximate surface area is 102 Å². The Bertz CT molecular complexity index is 431.